The highest BCUT2D eigenvalue weighted by molar-refractivity contribution is 7.25. The predicted molar refractivity (Wildman–Crippen MR) is 72.5 cm³/mol. The second-order valence-corrected chi connectivity index (χ2v) is 6.32. The Morgan fingerprint density at radius 3 is 2.71 bits per heavy atom. The molecule has 0 aliphatic carbocycles. The van der Waals surface area contributed by atoms with Gasteiger partial charge in [0.1, 0.15) is 0 Å². The molecule has 3 aromatic heterocycles. The third-order valence-corrected chi connectivity index (χ3v) is 4.85. The van der Waals surface area contributed by atoms with E-state index in [0.29, 0.717) is 0 Å². The molecule has 0 saturated carbocycles. The number of aryl methyl sites for hydroxylation is 3. The van der Waals surface area contributed by atoms with Crippen molar-refractivity contribution in [3.8, 4) is 11.1 Å². The largest absolute Gasteiger partial charge is 0.414 e. The summed E-state index contributed by atoms with van der Waals surface area (Å²) in [5.74, 6) is 0.820. The molecule has 0 saturated heterocycles. The minimum absolute atomic E-state index is 0.718. The van der Waals surface area contributed by atoms with Crippen molar-refractivity contribution >= 4 is 32.9 Å². The second-order valence-electron chi connectivity index (χ2n) is 3.93. The van der Waals surface area contributed by atoms with Crippen LogP contribution in [0.1, 0.15) is 9.75 Å². The summed E-state index contributed by atoms with van der Waals surface area (Å²) in [5, 5.41) is 0.718. The maximum Gasteiger partial charge on any atom is 0.281 e. The fraction of sp³-hybridized carbons (Fsp3) is 0.250. The Labute approximate surface area is 107 Å². The Kier molecular flexibility index (Phi) is 2.45. The maximum absolute atomic E-state index is 5.78. The van der Waals surface area contributed by atoms with Crippen LogP contribution in [0.2, 0.25) is 0 Å². The zero-order valence-corrected chi connectivity index (χ0v) is 11.5. The van der Waals surface area contributed by atoms with Gasteiger partial charge >= 0.3 is 0 Å². The molecule has 0 fully saturated rings. The summed E-state index contributed by atoms with van der Waals surface area (Å²) in [6.45, 7) is 4.23. The molecule has 5 heteroatoms. The van der Waals surface area contributed by atoms with Crippen LogP contribution in [0.4, 0.5) is 0 Å². The van der Waals surface area contributed by atoms with E-state index in [0.717, 1.165) is 16.6 Å². The normalized spacial score (nSPS) is 11.2. The topological polar surface area (TPSA) is 27.1 Å². The Hall–Kier alpha value is -1.33. The van der Waals surface area contributed by atoms with Crippen molar-refractivity contribution < 1.29 is 4.74 Å². The number of nitrogens with zero attached hydrogens (tertiary/aromatic N) is 2. The van der Waals surface area contributed by atoms with Crippen molar-refractivity contribution in [1.82, 2.24) is 9.55 Å². The Bertz CT molecular complexity index is 643. The van der Waals surface area contributed by atoms with Gasteiger partial charge in [-0.1, -0.05) is 11.3 Å². The molecule has 3 rings (SSSR count). The van der Waals surface area contributed by atoms with Gasteiger partial charge in [0.15, 0.2) is 0 Å². The highest BCUT2D eigenvalue weighted by Gasteiger charge is 2.13. The van der Waals surface area contributed by atoms with E-state index in [1.807, 2.05) is 29.9 Å². The van der Waals surface area contributed by atoms with Gasteiger partial charge in [-0.3, -0.25) is 0 Å². The summed E-state index contributed by atoms with van der Waals surface area (Å²) in [6.07, 6.45) is 1.96. The van der Waals surface area contributed by atoms with E-state index in [4.69, 9.17) is 4.74 Å². The monoisotopic (exact) mass is 264 g/mol. The van der Waals surface area contributed by atoms with E-state index in [2.05, 4.69) is 18.8 Å². The van der Waals surface area contributed by atoms with Gasteiger partial charge in [-0.25, -0.2) is 4.98 Å². The molecular formula is C12H12N2OS2. The standard InChI is InChI=1S/C12H12N2OS2/c1-7-10-11(8(2)16-7)17-12(13-10)15-9-5-4-6-14(9)3/h4-6H,1-3H3. The number of aromatic nitrogens is 2. The van der Waals surface area contributed by atoms with E-state index in [9.17, 15) is 0 Å². The SMILES string of the molecule is Cc1sc(C)c2sc(Oc3cccn3C)nc12. The second kappa shape index (κ2) is 3.85. The van der Waals surface area contributed by atoms with Crippen LogP contribution >= 0.6 is 22.7 Å². The van der Waals surface area contributed by atoms with Gasteiger partial charge < -0.3 is 9.30 Å². The van der Waals surface area contributed by atoms with Gasteiger partial charge in [0, 0.05) is 29.1 Å². The van der Waals surface area contributed by atoms with Crippen LogP contribution in [0.25, 0.3) is 10.2 Å². The molecule has 17 heavy (non-hydrogen) atoms. The molecule has 0 unspecified atom stereocenters. The average molecular weight is 264 g/mol. The van der Waals surface area contributed by atoms with Crippen LogP contribution in [0.5, 0.6) is 11.1 Å². The number of ether oxygens (including phenoxy) is 1. The van der Waals surface area contributed by atoms with Gasteiger partial charge in [-0.05, 0) is 19.9 Å². The molecule has 88 valence electrons. The molecule has 0 amide bonds. The number of thiophene rings is 1. The minimum Gasteiger partial charge on any atom is -0.414 e. The highest BCUT2D eigenvalue weighted by Crippen LogP contribution is 2.38. The van der Waals surface area contributed by atoms with Crippen molar-refractivity contribution in [2.24, 2.45) is 7.05 Å². The van der Waals surface area contributed by atoms with Crippen LogP contribution in [0.3, 0.4) is 0 Å². The average Bonchev–Trinajstić information content (AvgIpc) is 2.91. The van der Waals surface area contributed by atoms with Gasteiger partial charge in [-0.15, -0.1) is 11.3 Å². The summed E-state index contributed by atoms with van der Waals surface area (Å²) >= 11 is 3.41. The van der Waals surface area contributed by atoms with Gasteiger partial charge in [0.05, 0.1) is 10.2 Å². The van der Waals surface area contributed by atoms with Crippen LogP contribution in [0, 0.1) is 13.8 Å². The summed E-state index contributed by atoms with van der Waals surface area (Å²) in [7, 11) is 1.96. The van der Waals surface area contributed by atoms with E-state index in [-0.39, 0.29) is 0 Å². The van der Waals surface area contributed by atoms with Crippen molar-refractivity contribution in [2.45, 2.75) is 13.8 Å². The zero-order valence-electron chi connectivity index (χ0n) is 9.85. The number of rotatable bonds is 2. The lowest BCUT2D eigenvalue weighted by Crippen LogP contribution is -1.90. The van der Waals surface area contributed by atoms with Crippen LogP contribution in [0.15, 0.2) is 18.3 Å². The molecule has 3 heterocycles. The number of fused-ring (bicyclic) bond motifs is 1. The lowest BCUT2D eigenvalue weighted by molar-refractivity contribution is 0.441. The van der Waals surface area contributed by atoms with E-state index in [1.165, 1.54) is 14.5 Å². The van der Waals surface area contributed by atoms with Crippen LogP contribution in [-0.2, 0) is 7.05 Å². The first-order valence-corrected chi connectivity index (χ1v) is 6.94. The number of hydrogen-bond acceptors (Lipinski definition) is 4. The van der Waals surface area contributed by atoms with Crippen molar-refractivity contribution in [1.29, 1.82) is 0 Å². The lowest BCUT2D eigenvalue weighted by atomic mass is 10.4. The molecule has 0 aliphatic rings. The molecule has 0 bridgehead atoms. The van der Waals surface area contributed by atoms with Crippen molar-refractivity contribution in [3.05, 3.63) is 28.1 Å². The molecule has 0 radical (unpaired) electrons. The summed E-state index contributed by atoms with van der Waals surface area (Å²) in [4.78, 5) is 7.12. The Morgan fingerprint density at radius 1 is 1.24 bits per heavy atom. The first-order valence-electron chi connectivity index (χ1n) is 5.31. The first kappa shape index (κ1) is 10.8. The van der Waals surface area contributed by atoms with E-state index >= 15 is 0 Å². The molecule has 0 aliphatic heterocycles. The predicted octanol–water partition coefficient (Wildman–Crippen LogP) is 4.11. The van der Waals surface area contributed by atoms with Crippen molar-refractivity contribution in [3.63, 3.8) is 0 Å². The summed E-state index contributed by atoms with van der Waals surface area (Å²) in [5.41, 5.74) is 1.08. The molecule has 0 atom stereocenters. The van der Waals surface area contributed by atoms with E-state index in [1.54, 1.807) is 22.7 Å². The fourth-order valence-electron chi connectivity index (χ4n) is 1.79. The molecule has 0 spiro atoms. The molecule has 3 aromatic rings. The molecular weight excluding hydrogens is 252 g/mol. The number of thiazole rings is 1. The maximum atomic E-state index is 5.78. The third kappa shape index (κ3) is 1.75. The highest BCUT2D eigenvalue weighted by atomic mass is 32.1. The van der Waals surface area contributed by atoms with Crippen LogP contribution < -0.4 is 4.74 Å². The third-order valence-electron chi connectivity index (χ3n) is 2.65. The summed E-state index contributed by atoms with van der Waals surface area (Å²) < 4.78 is 8.96. The quantitative estimate of drug-likeness (QED) is 0.696. The van der Waals surface area contributed by atoms with Gasteiger partial charge in [0.25, 0.3) is 5.19 Å². The Morgan fingerprint density at radius 2 is 2.06 bits per heavy atom. The minimum atomic E-state index is 0.718. The molecule has 0 N–H and O–H groups in total. The number of hydrogen-bond donors (Lipinski definition) is 0. The summed E-state index contributed by atoms with van der Waals surface area (Å²) in [6, 6.07) is 3.90. The first-order chi connectivity index (χ1) is 8.15. The van der Waals surface area contributed by atoms with Crippen LogP contribution in [-0.4, -0.2) is 9.55 Å². The van der Waals surface area contributed by atoms with Gasteiger partial charge in [0.2, 0.25) is 5.88 Å². The Balaban J connectivity index is 2.02. The molecule has 0 aromatic carbocycles. The lowest BCUT2D eigenvalue weighted by Gasteiger charge is -2.01. The zero-order chi connectivity index (χ0) is 12.0. The van der Waals surface area contributed by atoms with Gasteiger partial charge in [-0.2, -0.15) is 0 Å². The molecule has 3 nitrogen and oxygen atoms in total. The fourth-order valence-corrected chi connectivity index (χ4v) is 3.87. The van der Waals surface area contributed by atoms with Crippen molar-refractivity contribution in [2.75, 3.05) is 0 Å². The van der Waals surface area contributed by atoms with E-state index < -0.39 is 0 Å². The smallest absolute Gasteiger partial charge is 0.281 e.